The predicted molar refractivity (Wildman–Crippen MR) is 70.8 cm³/mol. The Balaban J connectivity index is 2.10. The van der Waals surface area contributed by atoms with E-state index in [0.717, 1.165) is 25.3 Å². The Bertz CT molecular complexity index is 374. The Labute approximate surface area is 108 Å². The first-order valence-electron chi connectivity index (χ1n) is 6.18. The summed E-state index contributed by atoms with van der Waals surface area (Å²) >= 11 is 0. The molecule has 18 heavy (non-hydrogen) atoms. The molecule has 2 heterocycles. The highest BCUT2D eigenvalue weighted by atomic mass is 16.5. The number of pyridine rings is 1. The molecule has 1 aliphatic heterocycles. The molecule has 0 saturated carbocycles. The predicted octanol–water partition coefficient (Wildman–Crippen LogP) is 0.651. The first-order valence-corrected chi connectivity index (χ1v) is 6.18. The molecule has 0 spiro atoms. The molecule has 0 amide bonds. The highest BCUT2D eigenvalue weighted by Crippen LogP contribution is 2.23. The lowest BCUT2D eigenvalue weighted by atomic mass is 10.3. The molecule has 1 N–H and O–H groups in total. The number of nitrogens with zero attached hydrogens (tertiary/aromatic N) is 2. The number of anilines is 1. The van der Waals surface area contributed by atoms with Crippen molar-refractivity contribution in [3.05, 3.63) is 24.0 Å². The summed E-state index contributed by atoms with van der Waals surface area (Å²) in [5.41, 5.74) is 2.22. The lowest BCUT2D eigenvalue weighted by Crippen LogP contribution is -2.27. The van der Waals surface area contributed by atoms with Crippen LogP contribution in [0.4, 0.5) is 5.69 Å². The van der Waals surface area contributed by atoms with Crippen LogP contribution in [-0.2, 0) is 16.0 Å². The van der Waals surface area contributed by atoms with E-state index in [2.05, 4.69) is 21.3 Å². The second-order valence-electron chi connectivity index (χ2n) is 4.49. The van der Waals surface area contributed by atoms with Crippen molar-refractivity contribution in [1.29, 1.82) is 0 Å². The number of nitrogens with one attached hydrogen (secondary N) is 1. The van der Waals surface area contributed by atoms with E-state index in [4.69, 9.17) is 9.47 Å². The maximum atomic E-state index is 5.45. The molecule has 5 heteroatoms. The zero-order valence-corrected chi connectivity index (χ0v) is 11.2. The van der Waals surface area contributed by atoms with Crippen LogP contribution in [0.2, 0.25) is 0 Å². The molecule has 0 aromatic carbocycles. The van der Waals surface area contributed by atoms with Gasteiger partial charge in [0.1, 0.15) is 12.2 Å². The van der Waals surface area contributed by atoms with E-state index in [-0.39, 0.29) is 12.2 Å². The molecule has 2 rings (SSSR count). The molecule has 1 fully saturated rings. The largest absolute Gasteiger partial charge is 0.377 e. The average Bonchev–Trinajstić information content (AvgIpc) is 2.82. The molecule has 1 aliphatic rings. The van der Waals surface area contributed by atoms with Crippen molar-refractivity contribution in [3.63, 3.8) is 0 Å². The van der Waals surface area contributed by atoms with Crippen LogP contribution in [0.3, 0.4) is 0 Å². The van der Waals surface area contributed by atoms with Gasteiger partial charge >= 0.3 is 0 Å². The van der Waals surface area contributed by atoms with Gasteiger partial charge in [-0.2, -0.15) is 0 Å². The summed E-state index contributed by atoms with van der Waals surface area (Å²) in [6, 6.07) is 4.14. The van der Waals surface area contributed by atoms with Gasteiger partial charge in [-0.1, -0.05) is 0 Å². The molecule has 1 aromatic rings. The maximum absolute atomic E-state index is 5.45. The third-order valence-electron chi connectivity index (χ3n) is 3.34. The molecule has 2 atom stereocenters. The minimum absolute atomic E-state index is 0.135. The van der Waals surface area contributed by atoms with Crippen LogP contribution in [0.15, 0.2) is 18.3 Å². The van der Waals surface area contributed by atoms with E-state index >= 15 is 0 Å². The summed E-state index contributed by atoms with van der Waals surface area (Å²) in [7, 11) is 5.39. The Kier molecular flexibility index (Phi) is 4.52. The standard InChI is InChI=1S/C13H21N3O2/c1-14-7-10-6-11(4-5-15-10)16-8-12(17-2)13(9-16)18-3/h4-6,12-14H,7-9H2,1-3H3. The molecular weight excluding hydrogens is 230 g/mol. The van der Waals surface area contributed by atoms with Gasteiger partial charge in [0.25, 0.3) is 0 Å². The van der Waals surface area contributed by atoms with Crippen LogP contribution >= 0.6 is 0 Å². The Morgan fingerprint density at radius 1 is 1.33 bits per heavy atom. The summed E-state index contributed by atoms with van der Waals surface area (Å²) in [6.45, 7) is 2.50. The van der Waals surface area contributed by atoms with Gasteiger partial charge in [-0.25, -0.2) is 0 Å². The van der Waals surface area contributed by atoms with Gasteiger partial charge in [0.05, 0.1) is 5.69 Å². The first kappa shape index (κ1) is 13.3. The van der Waals surface area contributed by atoms with E-state index in [1.165, 1.54) is 5.69 Å². The normalized spacial score (nSPS) is 23.6. The Morgan fingerprint density at radius 2 is 2.00 bits per heavy atom. The fourth-order valence-electron chi connectivity index (χ4n) is 2.35. The SMILES string of the molecule is CNCc1cc(N2CC(OC)C(OC)C2)ccn1. The third kappa shape index (κ3) is 2.80. The fraction of sp³-hybridized carbons (Fsp3) is 0.615. The third-order valence-corrected chi connectivity index (χ3v) is 3.34. The minimum Gasteiger partial charge on any atom is -0.377 e. The zero-order chi connectivity index (χ0) is 13.0. The van der Waals surface area contributed by atoms with E-state index in [1.807, 2.05) is 19.3 Å². The van der Waals surface area contributed by atoms with Crippen molar-refractivity contribution in [2.75, 3.05) is 39.3 Å². The van der Waals surface area contributed by atoms with E-state index in [9.17, 15) is 0 Å². The molecule has 1 aromatic heterocycles. The number of hydrogen-bond acceptors (Lipinski definition) is 5. The number of ether oxygens (including phenoxy) is 2. The van der Waals surface area contributed by atoms with Crippen molar-refractivity contribution in [2.24, 2.45) is 0 Å². The van der Waals surface area contributed by atoms with E-state index in [1.54, 1.807) is 14.2 Å². The highest BCUT2D eigenvalue weighted by molar-refractivity contribution is 5.48. The summed E-state index contributed by atoms with van der Waals surface area (Å²) < 4.78 is 10.9. The Hall–Kier alpha value is -1.17. The summed E-state index contributed by atoms with van der Waals surface area (Å²) in [6.07, 6.45) is 2.12. The van der Waals surface area contributed by atoms with Gasteiger partial charge in [0.2, 0.25) is 0 Å². The Morgan fingerprint density at radius 3 is 2.56 bits per heavy atom. The quantitative estimate of drug-likeness (QED) is 0.832. The van der Waals surface area contributed by atoms with Crippen molar-refractivity contribution in [3.8, 4) is 0 Å². The first-order chi connectivity index (χ1) is 8.78. The van der Waals surface area contributed by atoms with Crippen LogP contribution < -0.4 is 10.2 Å². The second-order valence-corrected chi connectivity index (χ2v) is 4.49. The number of methoxy groups -OCH3 is 2. The van der Waals surface area contributed by atoms with Crippen molar-refractivity contribution < 1.29 is 9.47 Å². The highest BCUT2D eigenvalue weighted by Gasteiger charge is 2.33. The minimum atomic E-state index is 0.135. The molecule has 0 radical (unpaired) electrons. The molecule has 100 valence electrons. The van der Waals surface area contributed by atoms with Gasteiger partial charge in [0, 0.05) is 45.7 Å². The molecule has 0 bridgehead atoms. The second kappa shape index (κ2) is 6.13. The average molecular weight is 251 g/mol. The van der Waals surface area contributed by atoms with E-state index in [0.29, 0.717) is 0 Å². The zero-order valence-electron chi connectivity index (χ0n) is 11.2. The van der Waals surface area contributed by atoms with Crippen LogP contribution in [0.1, 0.15) is 5.69 Å². The lowest BCUT2D eigenvalue weighted by molar-refractivity contribution is -0.00461. The van der Waals surface area contributed by atoms with Crippen LogP contribution in [0.5, 0.6) is 0 Å². The van der Waals surface area contributed by atoms with Crippen molar-refractivity contribution in [2.45, 2.75) is 18.8 Å². The molecule has 0 aliphatic carbocycles. The summed E-state index contributed by atoms with van der Waals surface area (Å²) in [4.78, 5) is 6.61. The van der Waals surface area contributed by atoms with Gasteiger partial charge in [0.15, 0.2) is 0 Å². The van der Waals surface area contributed by atoms with E-state index < -0.39 is 0 Å². The number of aromatic nitrogens is 1. The topological polar surface area (TPSA) is 46.6 Å². The molecule has 1 saturated heterocycles. The lowest BCUT2D eigenvalue weighted by Gasteiger charge is -2.18. The van der Waals surface area contributed by atoms with Crippen molar-refractivity contribution in [1.82, 2.24) is 10.3 Å². The van der Waals surface area contributed by atoms with Gasteiger partial charge in [-0.3, -0.25) is 4.98 Å². The van der Waals surface area contributed by atoms with Gasteiger partial charge in [-0.05, 0) is 19.2 Å². The van der Waals surface area contributed by atoms with Crippen LogP contribution in [0.25, 0.3) is 0 Å². The van der Waals surface area contributed by atoms with Crippen LogP contribution in [0, 0.1) is 0 Å². The summed E-state index contributed by atoms with van der Waals surface area (Å²) in [5.74, 6) is 0. The van der Waals surface area contributed by atoms with Crippen LogP contribution in [-0.4, -0.2) is 51.5 Å². The monoisotopic (exact) mass is 251 g/mol. The molecule has 5 nitrogen and oxygen atoms in total. The molecule has 2 unspecified atom stereocenters. The van der Waals surface area contributed by atoms with Gasteiger partial charge in [-0.15, -0.1) is 0 Å². The maximum Gasteiger partial charge on any atom is 0.102 e. The van der Waals surface area contributed by atoms with Crippen molar-refractivity contribution >= 4 is 5.69 Å². The smallest absolute Gasteiger partial charge is 0.102 e. The fourth-order valence-corrected chi connectivity index (χ4v) is 2.35. The number of hydrogen-bond donors (Lipinski definition) is 1. The number of rotatable bonds is 5. The van der Waals surface area contributed by atoms with Gasteiger partial charge < -0.3 is 19.7 Å². The molecular formula is C13H21N3O2. The summed E-state index contributed by atoms with van der Waals surface area (Å²) in [5, 5.41) is 3.11.